The monoisotopic (exact) mass is 348 g/mol. The number of nitrogens with zero attached hydrogens (tertiary/aromatic N) is 2. The molecule has 2 aromatic carbocycles. The van der Waals surface area contributed by atoms with Crippen LogP contribution in [-0.2, 0) is 0 Å². The molecule has 3 rings (SSSR count). The third-order valence-corrected chi connectivity index (χ3v) is 4.84. The van der Waals surface area contributed by atoms with Crippen molar-refractivity contribution in [2.75, 3.05) is 31.1 Å². The molecule has 0 atom stereocenters. The van der Waals surface area contributed by atoms with E-state index < -0.39 is 0 Å². The normalized spacial score (nSPS) is 14.9. The maximum absolute atomic E-state index is 12.6. The Morgan fingerprint density at radius 3 is 2.35 bits per heavy atom. The zero-order valence-electron chi connectivity index (χ0n) is 12.9. The molecule has 0 saturated carbocycles. The van der Waals surface area contributed by atoms with Crippen molar-refractivity contribution in [2.24, 2.45) is 0 Å². The summed E-state index contributed by atoms with van der Waals surface area (Å²) in [5.41, 5.74) is 3.05. The largest absolute Gasteiger partial charge is 0.368 e. The fourth-order valence-electron chi connectivity index (χ4n) is 2.80. The summed E-state index contributed by atoms with van der Waals surface area (Å²) in [7, 11) is 0. The summed E-state index contributed by atoms with van der Waals surface area (Å²) in [5.74, 6) is 0.00691. The number of carbonyl (C=O) groups excluding carboxylic acids is 1. The van der Waals surface area contributed by atoms with Crippen LogP contribution in [0.3, 0.4) is 0 Å². The Labute approximate surface area is 146 Å². The molecule has 5 heteroatoms. The Hall–Kier alpha value is -1.71. The van der Waals surface area contributed by atoms with Gasteiger partial charge in [-0.25, -0.2) is 0 Å². The number of hydrogen-bond donors (Lipinski definition) is 0. The van der Waals surface area contributed by atoms with Gasteiger partial charge in [0.25, 0.3) is 5.91 Å². The third kappa shape index (κ3) is 3.62. The highest BCUT2D eigenvalue weighted by Gasteiger charge is 2.22. The first-order valence-corrected chi connectivity index (χ1v) is 8.36. The average molecular weight is 349 g/mol. The molecule has 0 unspecified atom stereocenters. The van der Waals surface area contributed by atoms with Gasteiger partial charge in [-0.1, -0.05) is 35.3 Å². The van der Waals surface area contributed by atoms with E-state index in [0.717, 1.165) is 13.1 Å². The molecular formula is C18H18Cl2N2O. The Kier molecular flexibility index (Phi) is 4.79. The fourth-order valence-corrected chi connectivity index (χ4v) is 3.10. The summed E-state index contributed by atoms with van der Waals surface area (Å²) in [6.45, 7) is 5.15. The van der Waals surface area contributed by atoms with E-state index in [2.05, 4.69) is 36.1 Å². The van der Waals surface area contributed by atoms with Crippen molar-refractivity contribution in [3.05, 3.63) is 63.6 Å². The number of anilines is 1. The van der Waals surface area contributed by atoms with Crippen LogP contribution in [0.15, 0.2) is 42.5 Å². The van der Waals surface area contributed by atoms with E-state index in [9.17, 15) is 4.79 Å². The van der Waals surface area contributed by atoms with Gasteiger partial charge in [-0.15, -0.1) is 0 Å². The first-order valence-electron chi connectivity index (χ1n) is 7.60. The lowest BCUT2D eigenvalue weighted by Gasteiger charge is -2.36. The summed E-state index contributed by atoms with van der Waals surface area (Å²) >= 11 is 11.9. The summed E-state index contributed by atoms with van der Waals surface area (Å²) < 4.78 is 0. The molecule has 1 saturated heterocycles. The summed E-state index contributed by atoms with van der Waals surface area (Å²) in [5, 5.41) is 0.878. The van der Waals surface area contributed by atoms with Crippen LogP contribution >= 0.6 is 23.2 Å². The molecule has 1 heterocycles. The summed E-state index contributed by atoms with van der Waals surface area (Å²) in [6, 6.07) is 13.5. The van der Waals surface area contributed by atoms with E-state index >= 15 is 0 Å². The molecule has 0 radical (unpaired) electrons. The van der Waals surface area contributed by atoms with Crippen LogP contribution in [0.4, 0.5) is 5.69 Å². The second-order valence-electron chi connectivity index (χ2n) is 5.75. The lowest BCUT2D eigenvalue weighted by atomic mass is 10.1. The van der Waals surface area contributed by atoms with E-state index in [1.165, 1.54) is 11.3 Å². The summed E-state index contributed by atoms with van der Waals surface area (Å²) in [4.78, 5) is 16.7. The lowest BCUT2D eigenvalue weighted by Crippen LogP contribution is -2.48. The van der Waals surface area contributed by atoms with Crippen LogP contribution < -0.4 is 4.90 Å². The summed E-state index contributed by atoms with van der Waals surface area (Å²) in [6.07, 6.45) is 0. The molecule has 1 aliphatic heterocycles. The van der Waals surface area contributed by atoms with Crippen molar-refractivity contribution in [1.82, 2.24) is 4.90 Å². The Balaban J connectivity index is 1.66. The van der Waals surface area contributed by atoms with Crippen molar-refractivity contribution in [2.45, 2.75) is 6.92 Å². The minimum atomic E-state index is 0.00691. The maximum Gasteiger partial charge on any atom is 0.254 e. The highest BCUT2D eigenvalue weighted by atomic mass is 35.5. The number of aryl methyl sites for hydroxylation is 1. The van der Waals surface area contributed by atoms with Gasteiger partial charge in [0.1, 0.15) is 0 Å². The minimum Gasteiger partial charge on any atom is -0.368 e. The Morgan fingerprint density at radius 2 is 1.70 bits per heavy atom. The zero-order chi connectivity index (χ0) is 16.4. The molecule has 0 N–H and O–H groups in total. The SMILES string of the molecule is Cc1cccc(N2CCN(C(=O)c3ccc(Cl)c(Cl)c3)CC2)c1. The molecule has 1 fully saturated rings. The number of halogens is 2. The van der Waals surface area contributed by atoms with Crippen molar-refractivity contribution < 1.29 is 4.79 Å². The first-order chi connectivity index (χ1) is 11.0. The highest BCUT2D eigenvalue weighted by Crippen LogP contribution is 2.24. The molecule has 1 amide bonds. The molecule has 0 spiro atoms. The molecule has 23 heavy (non-hydrogen) atoms. The molecule has 0 aliphatic carbocycles. The van der Waals surface area contributed by atoms with E-state index in [1.807, 2.05) is 4.90 Å². The topological polar surface area (TPSA) is 23.6 Å². The predicted molar refractivity (Wildman–Crippen MR) is 95.8 cm³/mol. The van der Waals surface area contributed by atoms with Crippen molar-refractivity contribution >= 4 is 34.8 Å². The smallest absolute Gasteiger partial charge is 0.254 e. The number of amides is 1. The van der Waals surface area contributed by atoms with Crippen LogP contribution in [-0.4, -0.2) is 37.0 Å². The fraction of sp³-hybridized carbons (Fsp3) is 0.278. The van der Waals surface area contributed by atoms with E-state index in [0.29, 0.717) is 28.7 Å². The number of carbonyl (C=O) groups is 1. The van der Waals surface area contributed by atoms with Crippen LogP contribution in [0.5, 0.6) is 0 Å². The molecule has 0 bridgehead atoms. The van der Waals surface area contributed by atoms with Crippen molar-refractivity contribution in [3.8, 4) is 0 Å². The second-order valence-corrected chi connectivity index (χ2v) is 6.56. The molecule has 0 aromatic heterocycles. The minimum absolute atomic E-state index is 0.00691. The van der Waals surface area contributed by atoms with E-state index in [1.54, 1.807) is 18.2 Å². The van der Waals surface area contributed by atoms with Crippen molar-refractivity contribution in [3.63, 3.8) is 0 Å². The van der Waals surface area contributed by atoms with Crippen molar-refractivity contribution in [1.29, 1.82) is 0 Å². The standard InChI is InChI=1S/C18H18Cl2N2O/c1-13-3-2-4-15(11-13)21-7-9-22(10-8-21)18(23)14-5-6-16(19)17(20)12-14/h2-6,11-12H,7-10H2,1H3. The Morgan fingerprint density at radius 1 is 0.957 bits per heavy atom. The molecule has 2 aromatic rings. The van der Waals surface area contributed by atoms with Gasteiger partial charge in [-0.05, 0) is 42.8 Å². The van der Waals surface area contributed by atoms with Gasteiger partial charge in [0, 0.05) is 37.4 Å². The highest BCUT2D eigenvalue weighted by molar-refractivity contribution is 6.42. The molecule has 1 aliphatic rings. The molecular weight excluding hydrogens is 331 g/mol. The number of benzene rings is 2. The number of piperazine rings is 1. The second kappa shape index (κ2) is 6.81. The number of hydrogen-bond acceptors (Lipinski definition) is 2. The van der Waals surface area contributed by atoms with Gasteiger partial charge in [0.15, 0.2) is 0 Å². The van der Waals surface area contributed by atoms with Gasteiger partial charge >= 0.3 is 0 Å². The zero-order valence-corrected chi connectivity index (χ0v) is 14.4. The van der Waals surface area contributed by atoms with Gasteiger partial charge in [-0.2, -0.15) is 0 Å². The van der Waals surface area contributed by atoms with Crippen LogP contribution in [0, 0.1) is 6.92 Å². The van der Waals surface area contributed by atoms with E-state index in [-0.39, 0.29) is 5.91 Å². The van der Waals surface area contributed by atoms with Gasteiger partial charge < -0.3 is 9.80 Å². The molecule has 120 valence electrons. The third-order valence-electron chi connectivity index (χ3n) is 4.10. The van der Waals surface area contributed by atoms with E-state index in [4.69, 9.17) is 23.2 Å². The number of rotatable bonds is 2. The average Bonchev–Trinajstić information content (AvgIpc) is 2.57. The lowest BCUT2D eigenvalue weighted by molar-refractivity contribution is 0.0747. The quantitative estimate of drug-likeness (QED) is 0.809. The first kappa shape index (κ1) is 16.2. The van der Waals surface area contributed by atoms with Gasteiger partial charge in [0.05, 0.1) is 10.0 Å². The molecule has 3 nitrogen and oxygen atoms in total. The Bertz CT molecular complexity index is 725. The van der Waals surface area contributed by atoms with Gasteiger partial charge in [-0.3, -0.25) is 4.79 Å². The predicted octanol–water partition coefficient (Wildman–Crippen LogP) is 4.26. The maximum atomic E-state index is 12.6. The van der Waals surface area contributed by atoms with Crippen LogP contribution in [0.25, 0.3) is 0 Å². The van der Waals surface area contributed by atoms with Gasteiger partial charge in [0.2, 0.25) is 0 Å². The van der Waals surface area contributed by atoms with Crippen LogP contribution in [0.2, 0.25) is 10.0 Å². The van der Waals surface area contributed by atoms with Crippen LogP contribution in [0.1, 0.15) is 15.9 Å².